The molecule has 0 saturated carbocycles. The van der Waals surface area contributed by atoms with Gasteiger partial charge < -0.3 is 20.3 Å². The lowest BCUT2D eigenvalue weighted by Crippen LogP contribution is -2.37. The van der Waals surface area contributed by atoms with Crippen LogP contribution in [0, 0.1) is 0 Å². The maximum Gasteiger partial charge on any atom is 0.315 e. The van der Waals surface area contributed by atoms with Crippen molar-refractivity contribution in [1.29, 1.82) is 0 Å². The minimum absolute atomic E-state index is 0.102. The van der Waals surface area contributed by atoms with Crippen molar-refractivity contribution in [2.45, 2.75) is 19.5 Å². The highest BCUT2D eigenvalue weighted by Crippen LogP contribution is 2.14. The molecule has 2 N–H and O–H groups in total. The van der Waals surface area contributed by atoms with Gasteiger partial charge in [0.05, 0.1) is 19.3 Å². The molecule has 1 fully saturated rings. The van der Waals surface area contributed by atoms with Crippen LogP contribution in [-0.4, -0.2) is 42.3 Å². The molecular weight excluding hydrogens is 318 g/mol. The van der Waals surface area contributed by atoms with Crippen molar-refractivity contribution < 1.29 is 9.53 Å². The number of amides is 2. The first-order valence-electron chi connectivity index (χ1n) is 8.44. The average molecular weight is 341 g/mol. The number of carbonyl (C=O) groups is 1. The molecule has 0 spiro atoms. The number of hydrogen-bond acceptors (Lipinski definition) is 5. The Morgan fingerprint density at radius 1 is 1.32 bits per heavy atom. The molecule has 3 rings (SSSR count). The lowest BCUT2D eigenvalue weighted by molar-refractivity contribution is 0.122. The first-order chi connectivity index (χ1) is 12.2. The number of anilines is 1. The monoisotopic (exact) mass is 341 g/mol. The maximum atomic E-state index is 12.1. The third kappa shape index (κ3) is 4.90. The van der Waals surface area contributed by atoms with Crippen molar-refractivity contribution in [2.75, 3.05) is 31.2 Å². The van der Waals surface area contributed by atoms with Crippen molar-refractivity contribution in [3.05, 3.63) is 54.0 Å². The minimum Gasteiger partial charge on any atom is -0.378 e. The Labute approximate surface area is 147 Å². The van der Waals surface area contributed by atoms with Gasteiger partial charge in [0, 0.05) is 38.2 Å². The van der Waals surface area contributed by atoms with Gasteiger partial charge in [-0.3, -0.25) is 4.98 Å². The van der Waals surface area contributed by atoms with Crippen LogP contribution in [0.3, 0.4) is 0 Å². The van der Waals surface area contributed by atoms with Gasteiger partial charge in [-0.25, -0.2) is 9.78 Å². The highest BCUT2D eigenvalue weighted by Gasteiger charge is 2.13. The van der Waals surface area contributed by atoms with E-state index in [2.05, 4.69) is 25.5 Å². The molecule has 0 aromatic carbocycles. The standard InChI is InChI=1S/C18H23N5O2/c1-14(16-3-2-5-19-13-16)22-18(24)21-12-15-4-6-20-17(11-15)23-7-9-25-10-8-23/h2-6,11,13-14H,7-10,12H2,1H3,(H2,21,22,24). The smallest absolute Gasteiger partial charge is 0.315 e. The second-order valence-corrected chi connectivity index (χ2v) is 5.96. The van der Waals surface area contributed by atoms with E-state index in [1.165, 1.54) is 0 Å². The summed E-state index contributed by atoms with van der Waals surface area (Å²) in [7, 11) is 0. The molecule has 2 aromatic rings. The zero-order valence-electron chi connectivity index (χ0n) is 14.3. The number of pyridine rings is 2. The molecule has 1 atom stereocenters. The quantitative estimate of drug-likeness (QED) is 0.868. The maximum absolute atomic E-state index is 12.1. The summed E-state index contributed by atoms with van der Waals surface area (Å²) in [5.41, 5.74) is 1.98. The summed E-state index contributed by atoms with van der Waals surface area (Å²) in [5, 5.41) is 5.80. The van der Waals surface area contributed by atoms with Crippen LogP contribution in [0.15, 0.2) is 42.9 Å². The number of nitrogens with zero attached hydrogens (tertiary/aromatic N) is 3. The minimum atomic E-state index is -0.207. The largest absolute Gasteiger partial charge is 0.378 e. The number of urea groups is 1. The molecular formula is C18H23N5O2. The molecule has 1 unspecified atom stereocenters. The highest BCUT2D eigenvalue weighted by atomic mass is 16.5. The van der Waals surface area contributed by atoms with Crippen LogP contribution in [0.25, 0.3) is 0 Å². The van der Waals surface area contributed by atoms with Gasteiger partial charge in [0.15, 0.2) is 0 Å². The first-order valence-corrected chi connectivity index (χ1v) is 8.44. The lowest BCUT2D eigenvalue weighted by atomic mass is 10.1. The molecule has 1 aliphatic heterocycles. The number of rotatable bonds is 5. The molecule has 2 aromatic heterocycles. The van der Waals surface area contributed by atoms with Crippen LogP contribution in [0.5, 0.6) is 0 Å². The Kier molecular flexibility index (Phi) is 5.79. The number of aromatic nitrogens is 2. The summed E-state index contributed by atoms with van der Waals surface area (Å²) in [6, 6.07) is 7.41. The van der Waals surface area contributed by atoms with Crippen molar-refractivity contribution in [1.82, 2.24) is 20.6 Å². The van der Waals surface area contributed by atoms with Gasteiger partial charge in [-0.15, -0.1) is 0 Å². The molecule has 25 heavy (non-hydrogen) atoms. The van der Waals surface area contributed by atoms with Gasteiger partial charge in [-0.1, -0.05) is 6.07 Å². The van der Waals surface area contributed by atoms with Crippen molar-refractivity contribution in [3.8, 4) is 0 Å². The fourth-order valence-electron chi connectivity index (χ4n) is 2.68. The summed E-state index contributed by atoms with van der Waals surface area (Å²) >= 11 is 0. The summed E-state index contributed by atoms with van der Waals surface area (Å²) in [6.07, 6.45) is 5.24. The summed E-state index contributed by atoms with van der Waals surface area (Å²) in [6.45, 7) is 5.50. The summed E-state index contributed by atoms with van der Waals surface area (Å²) in [4.78, 5) is 22.8. The van der Waals surface area contributed by atoms with Crippen LogP contribution in [0.2, 0.25) is 0 Å². The normalized spacial score (nSPS) is 15.5. The predicted molar refractivity (Wildman–Crippen MR) is 95.3 cm³/mol. The van der Waals surface area contributed by atoms with E-state index >= 15 is 0 Å². The topological polar surface area (TPSA) is 79.4 Å². The zero-order valence-corrected chi connectivity index (χ0v) is 14.3. The van der Waals surface area contributed by atoms with E-state index in [0.717, 1.165) is 43.2 Å². The third-order valence-electron chi connectivity index (χ3n) is 4.13. The van der Waals surface area contributed by atoms with E-state index < -0.39 is 0 Å². The van der Waals surface area contributed by atoms with E-state index in [-0.39, 0.29) is 12.1 Å². The van der Waals surface area contributed by atoms with Gasteiger partial charge in [0.2, 0.25) is 0 Å². The van der Waals surface area contributed by atoms with Gasteiger partial charge in [-0.2, -0.15) is 0 Å². The van der Waals surface area contributed by atoms with Gasteiger partial charge >= 0.3 is 6.03 Å². The molecule has 7 nitrogen and oxygen atoms in total. The predicted octanol–water partition coefficient (Wildman–Crippen LogP) is 1.87. The van der Waals surface area contributed by atoms with E-state index in [4.69, 9.17) is 4.74 Å². The van der Waals surface area contributed by atoms with Crippen molar-refractivity contribution in [2.24, 2.45) is 0 Å². The Morgan fingerprint density at radius 2 is 2.16 bits per heavy atom. The van der Waals surface area contributed by atoms with Crippen molar-refractivity contribution in [3.63, 3.8) is 0 Å². The zero-order chi connectivity index (χ0) is 17.5. The first kappa shape index (κ1) is 17.2. The van der Waals surface area contributed by atoms with Crippen LogP contribution < -0.4 is 15.5 Å². The molecule has 1 aliphatic rings. The molecule has 0 bridgehead atoms. The summed E-state index contributed by atoms with van der Waals surface area (Å²) < 4.78 is 5.36. The molecule has 1 saturated heterocycles. The average Bonchev–Trinajstić information content (AvgIpc) is 2.68. The van der Waals surface area contributed by atoms with Crippen LogP contribution in [0.4, 0.5) is 10.6 Å². The van der Waals surface area contributed by atoms with E-state index in [9.17, 15) is 4.79 Å². The highest BCUT2D eigenvalue weighted by molar-refractivity contribution is 5.74. The molecule has 3 heterocycles. The van der Waals surface area contributed by atoms with E-state index in [0.29, 0.717) is 6.54 Å². The van der Waals surface area contributed by atoms with Crippen LogP contribution in [0.1, 0.15) is 24.1 Å². The number of ether oxygens (including phenoxy) is 1. The number of nitrogens with one attached hydrogen (secondary N) is 2. The lowest BCUT2D eigenvalue weighted by Gasteiger charge is -2.28. The van der Waals surface area contributed by atoms with E-state index in [1.807, 2.05) is 31.2 Å². The van der Waals surface area contributed by atoms with Gasteiger partial charge in [-0.05, 0) is 36.2 Å². The van der Waals surface area contributed by atoms with Crippen LogP contribution in [-0.2, 0) is 11.3 Å². The van der Waals surface area contributed by atoms with Crippen LogP contribution >= 0.6 is 0 Å². The second kappa shape index (κ2) is 8.43. The second-order valence-electron chi connectivity index (χ2n) is 5.96. The molecule has 2 amide bonds. The van der Waals surface area contributed by atoms with E-state index in [1.54, 1.807) is 18.6 Å². The fourth-order valence-corrected chi connectivity index (χ4v) is 2.68. The molecule has 0 radical (unpaired) electrons. The van der Waals surface area contributed by atoms with Gasteiger partial charge in [0.1, 0.15) is 5.82 Å². The Bertz CT molecular complexity index is 689. The Hall–Kier alpha value is -2.67. The SMILES string of the molecule is CC(NC(=O)NCc1ccnc(N2CCOCC2)c1)c1cccnc1. The number of morpholine rings is 1. The molecule has 7 heteroatoms. The molecule has 132 valence electrons. The Balaban J connectivity index is 1.52. The van der Waals surface area contributed by atoms with Gasteiger partial charge in [0.25, 0.3) is 0 Å². The fraction of sp³-hybridized carbons (Fsp3) is 0.389. The molecule has 0 aliphatic carbocycles. The Morgan fingerprint density at radius 3 is 2.92 bits per heavy atom. The summed E-state index contributed by atoms with van der Waals surface area (Å²) in [5.74, 6) is 0.923. The number of carbonyl (C=O) groups excluding carboxylic acids is 1. The van der Waals surface area contributed by atoms with Crippen molar-refractivity contribution >= 4 is 11.8 Å². The third-order valence-corrected chi connectivity index (χ3v) is 4.13. The number of hydrogen-bond donors (Lipinski definition) is 2.